The standard InChI is InChI=1S/C23H28N4O3S/c28-21(5-1-3-16-6-7-19-20(15-16)26-23(30)25-19)27-12-9-17(10-13-27)22(29)24-11-8-18-4-2-14-31-18/h2,4,6-7,14-15,17H,1,3,5,8-13H2,(H,24,29)(H2,25,26,30). The lowest BCUT2D eigenvalue weighted by atomic mass is 9.95. The molecule has 2 aromatic heterocycles. The van der Waals surface area contributed by atoms with Gasteiger partial charge in [-0.1, -0.05) is 12.1 Å². The average molecular weight is 441 g/mol. The molecule has 0 atom stereocenters. The first-order valence-corrected chi connectivity index (χ1v) is 11.8. The number of H-pyrrole nitrogens is 2. The van der Waals surface area contributed by atoms with E-state index in [1.54, 1.807) is 11.3 Å². The van der Waals surface area contributed by atoms with Gasteiger partial charge in [-0.05, 0) is 61.2 Å². The summed E-state index contributed by atoms with van der Waals surface area (Å²) in [5.41, 5.74) is 2.49. The van der Waals surface area contributed by atoms with Crippen molar-refractivity contribution >= 4 is 34.2 Å². The molecule has 0 spiro atoms. The van der Waals surface area contributed by atoms with Gasteiger partial charge in [0.25, 0.3) is 0 Å². The lowest BCUT2D eigenvalue weighted by Gasteiger charge is -2.31. The van der Waals surface area contributed by atoms with Crippen molar-refractivity contribution in [3.63, 3.8) is 0 Å². The van der Waals surface area contributed by atoms with Crippen molar-refractivity contribution in [2.45, 2.75) is 38.5 Å². The fourth-order valence-electron chi connectivity index (χ4n) is 4.14. The summed E-state index contributed by atoms with van der Waals surface area (Å²) in [6, 6.07) is 9.94. The minimum Gasteiger partial charge on any atom is -0.355 e. The Hall–Kier alpha value is -2.87. The first-order valence-electron chi connectivity index (χ1n) is 10.9. The number of aryl methyl sites for hydroxylation is 1. The molecule has 3 N–H and O–H groups in total. The molecule has 3 heterocycles. The molecule has 1 aromatic carbocycles. The maximum absolute atomic E-state index is 12.6. The molecule has 1 saturated heterocycles. The Morgan fingerprint density at radius 3 is 2.68 bits per heavy atom. The first kappa shape index (κ1) is 21.4. The summed E-state index contributed by atoms with van der Waals surface area (Å²) >= 11 is 1.71. The third-order valence-electron chi connectivity index (χ3n) is 5.91. The van der Waals surface area contributed by atoms with Gasteiger partial charge in [0.15, 0.2) is 0 Å². The van der Waals surface area contributed by atoms with Crippen LogP contribution in [0.1, 0.15) is 36.1 Å². The molecule has 31 heavy (non-hydrogen) atoms. The van der Waals surface area contributed by atoms with E-state index >= 15 is 0 Å². The zero-order chi connectivity index (χ0) is 21.6. The van der Waals surface area contributed by atoms with Gasteiger partial charge >= 0.3 is 5.69 Å². The number of likely N-dealkylation sites (tertiary alicyclic amines) is 1. The molecule has 0 saturated carbocycles. The van der Waals surface area contributed by atoms with Gasteiger partial charge in [0, 0.05) is 36.9 Å². The summed E-state index contributed by atoms with van der Waals surface area (Å²) in [6.07, 6.45) is 4.38. The van der Waals surface area contributed by atoms with Gasteiger partial charge in [-0.3, -0.25) is 9.59 Å². The number of thiophene rings is 1. The molecule has 164 valence electrons. The zero-order valence-corrected chi connectivity index (χ0v) is 18.3. The Kier molecular flexibility index (Phi) is 6.86. The Bertz CT molecular complexity index is 1080. The number of piperidine rings is 1. The molecule has 1 aliphatic heterocycles. The molecule has 0 aliphatic carbocycles. The highest BCUT2D eigenvalue weighted by Gasteiger charge is 2.26. The number of carbonyl (C=O) groups excluding carboxylic acids is 2. The van der Waals surface area contributed by atoms with E-state index in [0.29, 0.717) is 26.1 Å². The number of carbonyl (C=O) groups is 2. The van der Waals surface area contributed by atoms with Crippen molar-refractivity contribution in [3.05, 3.63) is 56.6 Å². The van der Waals surface area contributed by atoms with Crippen LogP contribution in [0.15, 0.2) is 40.5 Å². The monoisotopic (exact) mass is 440 g/mol. The molecule has 8 heteroatoms. The Morgan fingerprint density at radius 2 is 1.90 bits per heavy atom. The van der Waals surface area contributed by atoms with Gasteiger partial charge < -0.3 is 20.2 Å². The molecule has 2 amide bonds. The van der Waals surface area contributed by atoms with Crippen LogP contribution in [0.5, 0.6) is 0 Å². The topological polar surface area (TPSA) is 98.1 Å². The maximum Gasteiger partial charge on any atom is 0.323 e. The number of hydrogen-bond donors (Lipinski definition) is 3. The van der Waals surface area contributed by atoms with Gasteiger partial charge in [-0.15, -0.1) is 11.3 Å². The lowest BCUT2D eigenvalue weighted by molar-refractivity contribution is -0.135. The number of aromatic nitrogens is 2. The number of rotatable bonds is 8. The van der Waals surface area contributed by atoms with Gasteiger partial charge in [0.1, 0.15) is 0 Å². The molecule has 0 bridgehead atoms. The zero-order valence-electron chi connectivity index (χ0n) is 17.5. The molecule has 1 fully saturated rings. The van der Waals surface area contributed by atoms with Crippen LogP contribution < -0.4 is 11.0 Å². The maximum atomic E-state index is 12.6. The number of benzene rings is 1. The molecular formula is C23H28N4O3S. The van der Waals surface area contributed by atoms with E-state index in [9.17, 15) is 14.4 Å². The van der Waals surface area contributed by atoms with Crippen molar-refractivity contribution in [2.75, 3.05) is 19.6 Å². The van der Waals surface area contributed by atoms with Crippen LogP contribution in [0.25, 0.3) is 11.0 Å². The van der Waals surface area contributed by atoms with Crippen molar-refractivity contribution in [2.24, 2.45) is 5.92 Å². The van der Waals surface area contributed by atoms with Crippen LogP contribution in [0.2, 0.25) is 0 Å². The number of fused-ring (bicyclic) bond motifs is 1. The molecule has 0 radical (unpaired) electrons. The SMILES string of the molecule is O=C(NCCc1cccs1)C1CCN(C(=O)CCCc2ccc3[nH]c(=O)[nH]c3c2)CC1. The summed E-state index contributed by atoms with van der Waals surface area (Å²) in [4.78, 5) is 45.0. The van der Waals surface area contributed by atoms with E-state index in [-0.39, 0.29) is 23.4 Å². The molecule has 1 aliphatic rings. The fourth-order valence-corrected chi connectivity index (χ4v) is 4.85. The van der Waals surface area contributed by atoms with Crippen LogP contribution in [0.3, 0.4) is 0 Å². The minimum atomic E-state index is -0.207. The Labute approximate surface area is 184 Å². The third-order valence-corrected chi connectivity index (χ3v) is 6.84. The largest absolute Gasteiger partial charge is 0.355 e. The predicted molar refractivity (Wildman–Crippen MR) is 122 cm³/mol. The summed E-state index contributed by atoms with van der Waals surface area (Å²) in [5, 5.41) is 5.09. The molecule has 0 unspecified atom stereocenters. The highest BCUT2D eigenvalue weighted by molar-refractivity contribution is 7.09. The van der Waals surface area contributed by atoms with Gasteiger partial charge in [0.05, 0.1) is 11.0 Å². The van der Waals surface area contributed by atoms with Gasteiger partial charge in [-0.25, -0.2) is 4.79 Å². The van der Waals surface area contributed by atoms with Crippen LogP contribution in [0, 0.1) is 5.92 Å². The van der Waals surface area contributed by atoms with Crippen molar-refractivity contribution < 1.29 is 9.59 Å². The molecule has 3 aromatic rings. The van der Waals surface area contributed by atoms with E-state index in [2.05, 4.69) is 21.4 Å². The summed E-state index contributed by atoms with van der Waals surface area (Å²) in [5.74, 6) is 0.275. The van der Waals surface area contributed by atoms with Crippen LogP contribution >= 0.6 is 11.3 Å². The fraction of sp³-hybridized carbons (Fsp3) is 0.435. The Balaban J connectivity index is 1.15. The highest BCUT2D eigenvalue weighted by atomic mass is 32.1. The van der Waals surface area contributed by atoms with Gasteiger partial charge in [0.2, 0.25) is 11.8 Å². The van der Waals surface area contributed by atoms with Crippen LogP contribution in [-0.4, -0.2) is 46.3 Å². The van der Waals surface area contributed by atoms with Gasteiger partial charge in [-0.2, -0.15) is 0 Å². The average Bonchev–Trinajstić information content (AvgIpc) is 3.42. The first-order chi connectivity index (χ1) is 15.1. The number of nitrogens with zero attached hydrogens (tertiary/aromatic N) is 1. The molecular weight excluding hydrogens is 412 g/mol. The lowest BCUT2D eigenvalue weighted by Crippen LogP contribution is -2.43. The van der Waals surface area contributed by atoms with E-state index < -0.39 is 0 Å². The number of imidazole rings is 1. The van der Waals surface area contributed by atoms with Crippen molar-refractivity contribution in [3.8, 4) is 0 Å². The quantitative estimate of drug-likeness (QED) is 0.502. The number of hydrogen-bond acceptors (Lipinski definition) is 4. The molecule has 7 nitrogen and oxygen atoms in total. The number of nitrogens with one attached hydrogen (secondary N) is 3. The summed E-state index contributed by atoms with van der Waals surface area (Å²) in [6.45, 7) is 1.97. The van der Waals surface area contributed by atoms with Crippen LogP contribution in [0.4, 0.5) is 0 Å². The predicted octanol–water partition coefficient (Wildman–Crippen LogP) is 2.84. The van der Waals surface area contributed by atoms with E-state index in [1.807, 2.05) is 34.5 Å². The number of amides is 2. The highest BCUT2D eigenvalue weighted by Crippen LogP contribution is 2.19. The Morgan fingerprint density at radius 1 is 1.10 bits per heavy atom. The second kappa shape index (κ2) is 9.96. The van der Waals surface area contributed by atoms with E-state index in [4.69, 9.17) is 0 Å². The minimum absolute atomic E-state index is 0.00243. The smallest absolute Gasteiger partial charge is 0.323 e. The number of aromatic amines is 2. The summed E-state index contributed by atoms with van der Waals surface area (Å²) in [7, 11) is 0. The molecule has 4 rings (SSSR count). The van der Waals surface area contributed by atoms with E-state index in [0.717, 1.165) is 48.7 Å². The van der Waals surface area contributed by atoms with Crippen molar-refractivity contribution in [1.29, 1.82) is 0 Å². The van der Waals surface area contributed by atoms with Crippen LogP contribution in [-0.2, 0) is 22.4 Å². The summed E-state index contributed by atoms with van der Waals surface area (Å²) < 4.78 is 0. The van der Waals surface area contributed by atoms with E-state index in [1.165, 1.54) is 4.88 Å². The normalized spacial score (nSPS) is 14.8. The second-order valence-electron chi connectivity index (χ2n) is 8.09. The third kappa shape index (κ3) is 5.64. The van der Waals surface area contributed by atoms with Crippen molar-refractivity contribution in [1.82, 2.24) is 20.2 Å². The second-order valence-corrected chi connectivity index (χ2v) is 9.12.